The second kappa shape index (κ2) is 6.91. The van der Waals surface area contributed by atoms with E-state index in [2.05, 4.69) is 27.5 Å². The van der Waals surface area contributed by atoms with Crippen molar-refractivity contribution in [2.24, 2.45) is 0 Å². The number of amides is 1. The molecule has 0 aliphatic carbocycles. The standard InChI is InChI=1S/C23H19N5O/c1-16-10-11-22-24-13-21(27(22)14-16)23(29)26-19-8-5-9-20-18(19)12-25-28(20)15-17-6-3-2-4-7-17/h2-14H,15H2,1H3,(H,26,29). The van der Waals surface area contributed by atoms with E-state index in [0.717, 1.165) is 27.8 Å². The highest BCUT2D eigenvalue weighted by atomic mass is 16.1. The van der Waals surface area contributed by atoms with Crippen LogP contribution in [0.3, 0.4) is 0 Å². The minimum absolute atomic E-state index is 0.202. The number of aryl methyl sites for hydroxylation is 1. The molecule has 0 radical (unpaired) electrons. The number of nitrogens with one attached hydrogen (secondary N) is 1. The summed E-state index contributed by atoms with van der Waals surface area (Å²) in [4.78, 5) is 17.3. The van der Waals surface area contributed by atoms with Crippen molar-refractivity contribution in [1.82, 2.24) is 19.2 Å². The van der Waals surface area contributed by atoms with Crippen molar-refractivity contribution >= 4 is 28.1 Å². The maximum atomic E-state index is 12.9. The van der Waals surface area contributed by atoms with Crippen LogP contribution < -0.4 is 5.32 Å². The third kappa shape index (κ3) is 3.14. The molecule has 0 aliphatic heterocycles. The average molecular weight is 381 g/mol. The number of carbonyl (C=O) groups is 1. The Morgan fingerprint density at radius 2 is 1.86 bits per heavy atom. The number of fused-ring (bicyclic) bond motifs is 2. The number of pyridine rings is 1. The van der Waals surface area contributed by atoms with Gasteiger partial charge in [-0.15, -0.1) is 0 Å². The molecular weight excluding hydrogens is 362 g/mol. The lowest BCUT2D eigenvalue weighted by atomic mass is 10.2. The predicted molar refractivity (Wildman–Crippen MR) is 113 cm³/mol. The lowest BCUT2D eigenvalue weighted by molar-refractivity contribution is 0.102. The zero-order chi connectivity index (χ0) is 19.8. The summed E-state index contributed by atoms with van der Waals surface area (Å²) in [7, 11) is 0. The van der Waals surface area contributed by atoms with E-state index < -0.39 is 0 Å². The zero-order valence-corrected chi connectivity index (χ0v) is 15.9. The van der Waals surface area contributed by atoms with E-state index in [0.29, 0.717) is 12.2 Å². The van der Waals surface area contributed by atoms with Gasteiger partial charge in [-0.2, -0.15) is 5.10 Å². The van der Waals surface area contributed by atoms with E-state index in [4.69, 9.17) is 0 Å². The first-order valence-electron chi connectivity index (χ1n) is 9.42. The van der Waals surface area contributed by atoms with Crippen LogP contribution in [0.4, 0.5) is 5.69 Å². The van der Waals surface area contributed by atoms with E-state index in [-0.39, 0.29) is 5.91 Å². The minimum atomic E-state index is -0.202. The van der Waals surface area contributed by atoms with Gasteiger partial charge in [-0.05, 0) is 36.2 Å². The van der Waals surface area contributed by atoms with Crippen LogP contribution in [0.5, 0.6) is 0 Å². The van der Waals surface area contributed by atoms with Crippen molar-refractivity contribution in [1.29, 1.82) is 0 Å². The quantitative estimate of drug-likeness (QED) is 0.505. The van der Waals surface area contributed by atoms with Crippen molar-refractivity contribution in [2.75, 3.05) is 5.32 Å². The van der Waals surface area contributed by atoms with Crippen LogP contribution in [0.25, 0.3) is 16.6 Å². The van der Waals surface area contributed by atoms with Crippen LogP contribution in [-0.2, 0) is 6.54 Å². The van der Waals surface area contributed by atoms with Crippen molar-refractivity contribution in [3.05, 3.63) is 96.1 Å². The van der Waals surface area contributed by atoms with E-state index in [9.17, 15) is 4.79 Å². The number of hydrogen-bond acceptors (Lipinski definition) is 3. The molecule has 2 aromatic carbocycles. The Bertz CT molecular complexity index is 1330. The lowest BCUT2D eigenvalue weighted by Gasteiger charge is -2.08. The monoisotopic (exact) mass is 381 g/mol. The number of carbonyl (C=O) groups excluding carboxylic acids is 1. The summed E-state index contributed by atoms with van der Waals surface area (Å²) in [6, 6.07) is 19.9. The van der Waals surface area contributed by atoms with Gasteiger partial charge in [-0.3, -0.25) is 13.9 Å². The third-order valence-electron chi connectivity index (χ3n) is 5.00. The maximum absolute atomic E-state index is 12.9. The summed E-state index contributed by atoms with van der Waals surface area (Å²) < 4.78 is 3.75. The summed E-state index contributed by atoms with van der Waals surface area (Å²) in [5.41, 5.74) is 5.18. The van der Waals surface area contributed by atoms with Crippen LogP contribution >= 0.6 is 0 Å². The summed E-state index contributed by atoms with van der Waals surface area (Å²) in [5, 5.41) is 8.46. The molecule has 6 nitrogen and oxygen atoms in total. The Morgan fingerprint density at radius 3 is 2.72 bits per heavy atom. The van der Waals surface area contributed by atoms with Crippen LogP contribution in [0.2, 0.25) is 0 Å². The average Bonchev–Trinajstić information content (AvgIpc) is 3.33. The second-order valence-electron chi connectivity index (χ2n) is 7.06. The van der Waals surface area contributed by atoms with Gasteiger partial charge in [0.1, 0.15) is 11.3 Å². The van der Waals surface area contributed by atoms with Gasteiger partial charge in [0.25, 0.3) is 5.91 Å². The van der Waals surface area contributed by atoms with E-state index >= 15 is 0 Å². The molecule has 5 aromatic rings. The highest BCUT2D eigenvalue weighted by Gasteiger charge is 2.15. The summed E-state index contributed by atoms with van der Waals surface area (Å²) in [6.45, 7) is 2.66. The molecular formula is C23H19N5O. The Kier molecular flexibility index (Phi) is 4.09. The van der Waals surface area contributed by atoms with Crippen molar-refractivity contribution < 1.29 is 4.79 Å². The molecule has 0 bridgehead atoms. The predicted octanol–water partition coefficient (Wildman–Crippen LogP) is 4.29. The largest absolute Gasteiger partial charge is 0.320 e. The van der Waals surface area contributed by atoms with Gasteiger partial charge in [-0.1, -0.05) is 42.5 Å². The smallest absolute Gasteiger partial charge is 0.274 e. The zero-order valence-electron chi connectivity index (χ0n) is 15.9. The van der Waals surface area contributed by atoms with Crippen molar-refractivity contribution in [2.45, 2.75) is 13.5 Å². The molecule has 5 rings (SSSR count). The number of nitrogens with zero attached hydrogens (tertiary/aromatic N) is 4. The van der Waals surface area contributed by atoms with Crippen molar-refractivity contribution in [3.63, 3.8) is 0 Å². The molecule has 1 amide bonds. The molecule has 3 aromatic heterocycles. The van der Waals surface area contributed by atoms with E-state index in [1.165, 1.54) is 5.56 Å². The van der Waals surface area contributed by atoms with E-state index in [1.54, 1.807) is 12.4 Å². The first-order valence-corrected chi connectivity index (χ1v) is 9.42. The number of benzene rings is 2. The maximum Gasteiger partial charge on any atom is 0.274 e. The topological polar surface area (TPSA) is 64.2 Å². The van der Waals surface area contributed by atoms with Gasteiger partial charge in [-0.25, -0.2) is 4.98 Å². The van der Waals surface area contributed by atoms with Crippen LogP contribution in [0.15, 0.2) is 79.3 Å². The Hall–Kier alpha value is -3.93. The number of hydrogen-bond donors (Lipinski definition) is 1. The van der Waals surface area contributed by atoms with E-state index in [1.807, 2.05) is 70.7 Å². The fraction of sp³-hybridized carbons (Fsp3) is 0.0870. The molecule has 1 N–H and O–H groups in total. The SMILES string of the molecule is Cc1ccc2ncc(C(=O)Nc3cccc4c3cnn4Cc3ccccc3)n2c1. The first-order chi connectivity index (χ1) is 14.2. The number of aromatic nitrogens is 4. The minimum Gasteiger partial charge on any atom is -0.320 e. The Balaban J connectivity index is 1.47. The fourth-order valence-electron chi connectivity index (χ4n) is 3.54. The molecule has 142 valence electrons. The molecule has 0 fully saturated rings. The Morgan fingerprint density at radius 1 is 1.00 bits per heavy atom. The molecule has 3 heterocycles. The molecule has 0 spiro atoms. The third-order valence-corrected chi connectivity index (χ3v) is 5.00. The summed E-state index contributed by atoms with van der Waals surface area (Å²) in [6.07, 6.45) is 5.31. The van der Waals surface area contributed by atoms with Gasteiger partial charge in [0.2, 0.25) is 0 Å². The molecule has 0 unspecified atom stereocenters. The molecule has 0 saturated heterocycles. The van der Waals surface area contributed by atoms with Gasteiger partial charge < -0.3 is 5.32 Å². The summed E-state index contributed by atoms with van der Waals surface area (Å²) >= 11 is 0. The lowest BCUT2D eigenvalue weighted by Crippen LogP contribution is -2.14. The van der Waals surface area contributed by atoms with Crippen molar-refractivity contribution in [3.8, 4) is 0 Å². The number of imidazole rings is 1. The second-order valence-corrected chi connectivity index (χ2v) is 7.06. The van der Waals surface area contributed by atoms with Crippen LogP contribution in [0, 0.1) is 6.92 Å². The highest BCUT2D eigenvalue weighted by molar-refractivity contribution is 6.08. The Labute approximate surface area is 167 Å². The van der Waals surface area contributed by atoms with Gasteiger partial charge in [0.15, 0.2) is 0 Å². The molecule has 0 saturated carbocycles. The fourth-order valence-corrected chi connectivity index (χ4v) is 3.54. The highest BCUT2D eigenvalue weighted by Crippen LogP contribution is 2.24. The number of anilines is 1. The van der Waals surface area contributed by atoms with Gasteiger partial charge >= 0.3 is 0 Å². The normalized spacial score (nSPS) is 11.2. The molecule has 6 heteroatoms. The van der Waals surface area contributed by atoms with Crippen LogP contribution in [-0.4, -0.2) is 25.1 Å². The molecule has 0 aliphatic rings. The van der Waals surface area contributed by atoms with Gasteiger partial charge in [0.05, 0.1) is 30.1 Å². The molecule has 29 heavy (non-hydrogen) atoms. The van der Waals surface area contributed by atoms with Gasteiger partial charge in [0, 0.05) is 11.6 Å². The molecule has 0 atom stereocenters. The number of rotatable bonds is 4. The summed E-state index contributed by atoms with van der Waals surface area (Å²) in [5.74, 6) is -0.202. The van der Waals surface area contributed by atoms with Crippen LogP contribution in [0.1, 0.15) is 21.6 Å². The first kappa shape index (κ1) is 17.2.